The van der Waals surface area contributed by atoms with Gasteiger partial charge < -0.3 is 5.32 Å². The van der Waals surface area contributed by atoms with E-state index in [2.05, 4.69) is 37.9 Å². The van der Waals surface area contributed by atoms with Gasteiger partial charge in [0.2, 0.25) is 0 Å². The molecule has 0 spiro atoms. The minimum atomic E-state index is 0.291. The molecule has 2 aliphatic rings. The van der Waals surface area contributed by atoms with Gasteiger partial charge in [0.15, 0.2) is 0 Å². The molecule has 0 aromatic rings. The third kappa shape index (κ3) is 2.54. The second-order valence-electron chi connectivity index (χ2n) is 6.73. The van der Waals surface area contributed by atoms with Crippen LogP contribution in [-0.2, 0) is 0 Å². The van der Waals surface area contributed by atoms with Crippen LogP contribution in [0.1, 0.15) is 47.0 Å². The van der Waals surface area contributed by atoms with Crippen molar-refractivity contribution in [1.82, 2.24) is 10.2 Å². The smallest absolute Gasteiger partial charge is 0.0278 e. The van der Waals surface area contributed by atoms with Gasteiger partial charge in [-0.25, -0.2) is 0 Å². The molecule has 15 heavy (non-hydrogen) atoms. The zero-order valence-corrected chi connectivity index (χ0v) is 10.8. The Kier molecular flexibility index (Phi) is 2.85. The van der Waals surface area contributed by atoms with Crippen molar-refractivity contribution in [3.63, 3.8) is 0 Å². The zero-order valence-electron chi connectivity index (χ0n) is 10.8. The van der Waals surface area contributed by atoms with Crippen LogP contribution >= 0.6 is 0 Å². The molecule has 0 atom stereocenters. The van der Waals surface area contributed by atoms with Gasteiger partial charge in [-0.05, 0) is 46.5 Å². The quantitative estimate of drug-likeness (QED) is 0.752. The van der Waals surface area contributed by atoms with E-state index in [9.17, 15) is 0 Å². The zero-order chi connectivity index (χ0) is 11.1. The standard InChI is InChI=1S/C13H26N2/c1-12(2)10-15(8-11-6-5-7-11)13(3,4)9-14-12/h11,14H,5-10H2,1-4H3. The highest BCUT2D eigenvalue weighted by atomic mass is 15.3. The predicted molar refractivity (Wildman–Crippen MR) is 65.1 cm³/mol. The molecule has 2 heteroatoms. The van der Waals surface area contributed by atoms with Crippen LogP contribution in [0.5, 0.6) is 0 Å². The van der Waals surface area contributed by atoms with Crippen LogP contribution in [0.25, 0.3) is 0 Å². The van der Waals surface area contributed by atoms with Crippen LogP contribution in [0.15, 0.2) is 0 Å². The van der Waals surface area contributed by atoms with E-state index in [4.69, 9.17) is 0 Å². The van der Waals surface area contributed by atoms with E-state index in [0.29, 0.717) is 11.1 Å². The van der Waals surface area contributed by atoms with Gasteiger partial charge in [0.1, 0.15) is 0 Å². The molecule has 0 bridgehead atoms. The largest absolute Gasteiger partial charge is 0.309 e. The van der Waals surface area contributed by atoms with Crippen LogP contribution in [0, 0.1) is 5.92 Å². The summed E-state index contributed by atoms with van der Waals surface area (Å²) in [6.45, 7) is 13.0. The second-order valence-corrected chi connectivity index (χ2v) is 6.73. The molecule has 88 valence electrons. The highest BCUT2D eigenvalue weighted by Gasteiger charge is 2.38. The molecule has 1 N–H and O–H groups in total. The lowest BCUT2D eigenvalue weighted by atomic mass is 9.82. The molecular formula is C13H26N2. The normalized spacial score (nSPS) is 31.2. The van der Waals surface area contributed by atoms with Gasteiger partial charge in [-0.2, -0.15) is 0 Å². The van der Waals surface area contributed by atoms with E-state index in [1.54, 1.807) is 0 Å². The van der Waals surface area contributed by atoms with Crippen molar-refractivity contribution in [3.05, 3.63) is 0 Å². The molecule has 2 fully saturated rings. The summed E-state index contributed by atoms with van der Waals surface area (Å²) in [4.78, 5) is 2.70. The molecule has 1 saturated carbocycles. The summed E-state index contributed by atoms with van der Waals surface area (Å²) in [5.41, 5.74) is 0.629. The fraction of sp³-hybridized carbons (Fsp3) is 1.00. The van der Waals surface area contributed by atoms with Gasteiger partial charge in [0.05, 0.1) is 0 Å². The average Bonchev–Trinajstić information content (AvgIpc) is 2.04. The van der Waals surface area contributed by atoms with Crippen LogP contribution < -0.4 is 5.32 Å². The molecule has 0 unspecified atom stereocenters. The van der Waals surface area contributed by atoms with E-state index >= 15 is 0 Å². The summed E-state index contributed by atoms with van der Waals surface area (Å²) in [5, 5.41) is 3.65. The molecule has 1 saturated heterocycles. The van der Waals surface area contributed by atoms with Crippen LogP contribution in [0.2, 0.25) is 0 Å². The highest BCUT2D eigenvalue weighted by molar-refractivity contribution is 4.98. The van der Waals surface area contributed by atoms with E-state index in [1.165, 1.54) is 32.4 Å². The highest BCUT2D eigenvalue weighted by Crippen LogP contribution is 2.31. The third-order valence-corrected chi connectivity index (χ3v) is 4.15. The van der Waals surface area contributed by atoms with E-state index in [-0.39, 0.29) is 0 Å². The molecule has 0 radical (unpaired) electrons. The number of hydrogen-bond donors (Lipinski definition) is 1. The van der Waals surface area contributed by atoms with Crippen LogP contribution in [-0.4, -0.2) is 35.6 Å². The maximum atomic E-state index is 3.65. The van der Waals surface area contributed by atoms with Crippen molar-refractivity contribution in [2.45, 2.75) is 58.0 Å². The molecule has 1 heterocycles. The number of piperazine rings is 1. The SMILES string of the molecule is CC1(C)CN(CC2CCC2)C(C)(C)CN1. The Hall–Kier alpha value is -0.0800. The lowest BCUT2D eigenvalue weighted by molar-refractivity contribution is 0.0153. The molecule has 0 aromatic carbocycles. The fourth-order valence-corrected chi connectivity index (χ4v) is 2.61. The van der Waals surface area contributed by atoms with Gasteiger partial charge in [-0.3, -0.25) is 4.90 Å². The maximum absolute atomic E-state index is 3.65. The lowest BCUT2D eigenvalue weighted by Gasteiger charge is -2.51. The molecule has 0 amide bonds. The number of rotatable bonds is 2. The number of hydrogen-bond acceptors (Lipinski definition) is 2. The minimum absolute atomic E-state index is 0.291. The van der Waals surface area contributed by atoms with Crippen molar-refractivity contribution in [1.29, 1.82) is 0 Å². The average molecular weight is 210 g/mol. The van der Waals surface area contributed by atoms with Crippen molar-refractivity contribution in [2.75, 3.05) is 19.6 Å². The first-order valence-electron chi connectivity index (χ1n) is 6.39. The van der Waals surface area contributed by atoms with E-state index < -0.39 is 0 Å². The molecule has 1 aliphatic heterocycles. The Labute approximate surface area is 94.4 Å². The summed E-state index contributed by atoms with van der Waals surface area (Å²) < 4.78 is 0. The summed E-state index contributed by atoms with van der Waals surface area (Å²) in [7, 11) is 0. The van der Waals surface area contributed by atoms with E-state index in [1.807, 2.05) is 0 Å². The van der Waals surface area contributed by atoms with Crippen molar-refractivity contribution in [3.8, 4) is 0 Å². The van der Waals surface area contributed by atoms with Crippen molar-refractivity contribution in [2.24, 2.45) is 5.92 Å². The van der Waals surface area contributed by atoms with Crippen LogP contribution in [0.4, 0.5) is 0 Å². The minimum Gasteiger partial charge on any atom is -0.309 e. The monoisotopic (exact) mass is 210 g/mol. The first kappa shape index (κ1) is 11.4. The second kappa shape index (κ2) is 3.74. The molecule has 1 aliphatic carbocycles. The van der Waals surface area contributed by atoms with Gasteiger partial charge >= 0.3 is 0 Å². The summed E-state index contributed by atoms with van der Waals surface area (Å²) in [5.74, 6) is 0.984. The summed E-state index contributed by atoms with van der Waals surface area (Å²) in [6.07, 6.45) is 4.38. The molecule has 2 rings (SSSR count). The van der Waals surface area contributed by atoms with E-state index in [0.717, 1.165) is 12.5 Å². The Morgan fingerprint density at radius 1 is 1.20 bits per heavy atom. The Bertz CT molecular complexity index is 229. The predicted octanol–water partition coefficient (Wildman–Crippen LogP) is 2.25. The Morgan fingerprint density at radius 2 is 1.87 bits per heavy atom. The van der Waals surface area contributed by atoms with Gasteiger partial charge in [0.25, 0.3) is 0 Å². The Balaban J connectivity index is 1.97. The molecular weight excluding hydrogens is 184 g/mol. The first-order chi connectivity index (χ1) is 6.89. The van der Waals surface area contributed by atoms with Gasteiger partial charge in [0, 0.05) is 30.7 Å². The number of nitrogens with one attached hydrogen (secondary N) is 1. The topological polar surface area (TPSA) is 15.3 Å². The first-order valence-corrected chi connectivity index (χ1v) is 6.39. The van der Waals surface area contributed by atoms with Crippen molar-refractivity contribution >= 4 is 0 Å². The molecule has 0 aromatic heterocycles. The fourth-order valence-electron chi connectivity index (χ4n) is 2.61. The van der Waals surface area contributed by atoms with Gasteiger partial charge in [-0.1, -0.05) is 6.42 Å². The third-order valence-electron chi connectivity index (χ3n) is 4.15. The maximum Gasteiger partial charge on any atom is 0.0278 e. The van der Waals surface area contributed by atoms with Gasteiger partial charge in [-0.15, -0.1) is 0 Å². The number of nitrogens with zero attached hydrogens (tertiary/aromatic N) is 1. The summed E-state index contributed by atoms with van der Waals surface area (Å²) >= 11 is 0. The molecule has 2 nitrogen and oxygen atoms in total. The van der Waals surface area contributed by atoms with Crippen molar-refractivity contribution < 1.29 is 0 Å². The lowest BCUT2D eigenvalue weighted by Crippen LogP contribution is -2.66. The Morgan fingerprint density at radius 3 is 2.40 bits per heavy atom. The van der Waals surface area contributed by atoms with Crippen LogP contribution in [0.3, 0.4) is 0 Å². The summed E-state index contributed by atoms with van der Waals surface area (Å²) in [6, 6.07) is 0.